The van der Waals surface area contributed by atoms with Crippen molar-refractivity contribution in [3.8, 4) is 0 Å². The maximum atomic E-state index is 8.52. The Bertz CT molecular complexity index is 532. The number of halogens is 9. The molecule has 0 aliphatic carbocycles. The summed E-state index contributed by atoms with van der Waals surface area (Å²) in [5.74, 6) is 0. The van der Waals surface area contributed by atoms with Gasteiger partial charge < -0.3 is 218 Å². The molecular formula is H9Al4F9Fe4K4Mg4O36Si9. The summed E-state index contributed by atoms with van der Waals surface area (Å²) >= 11 is 0. The normalized spacial score (nSPS) is 3.09. The zero-order valence-corrected chi connectivity index (χ0v) is 69.7. The number of hydrogen-bond donors (Lipinski definition) is 0. The molecule has 0 atom stereocenters. The van der Waals surface area contributed by atoms with E-state index in [-0.39, 0.29) is 527 Å². The van der Waals surface area contributed by atoms with E-state index in [9.17, 15) is 0 Å². The van der Waals surface area contributed by atoms with Gasteiger partial charge in [0, 0.05) is 82.5 Å². The number of hydrogen-bond acceptors (Lipinski definition) is 36. The molecule has 0 heterocycles. The second kappa shape index (κ2) is 355. The van der Waals surface area contributed by atoms with Crippen molar-refractivity contribution in [2.24, 2.45) is 0 Å². The SMILES string of the molecule is O=[Si]([O-])[O-].O=[Si]([O-])[O-].O=[Si]([O-])[O-].O=[Si]([O-])[O-].O=[Si]([O-])[O-].O=[Si]([O-])[O-].O=[Si]([O-])[O-].O=[Si]([O-])[O-].O=[Si]([O-])[O-].[Al+3].[Al+3].[Al+3].[Al+3].[F-].[F-].[F-].[F-].[F-].[F-].[F-].[F-].[F-].[Fe+3].[Fe+3].[Fe+3].[Fe+3].[K+].[K+].[K+].[K+].[Mg+2].[Mg+2].[Mg+2].[Mg+2].[OH-].[OH-].[OH-].[OH-].[OH-].[OH-].[OH-].[OH-].[OH-]. The molecule has 4 radical (unpaired) electrons. The van der Waals surface area contributed by atoms with Crippen LogP contribution < -0.4 is 334 Å². The Kier molecular flexibility index (Phi) is 1870. The van der Waals surface area contributed by atoms with E-state index in [1.807, 2.05) is 0 Å². The zero-order valence-electron chi connectivity index (χ0n) is 33.5. The summed E-state index contributed by atoms with van der Waals surface area (Å²) in [5, 5.41) is 0. The van der Waals surface area contributed by atoms with Crippen LogP contribution in [0.3, 0.4) is 0 Å². The van der Waals surface area contributed by atoms with Gasteiger partial charge in [-0.25, -0.2) is 0 Å². The summed E-state index contributed by atoms with van der Waals surface area (Å²) in [7, 11) is -32.7. The molecule has 0 rings (SSSR count). The molecule has 0 amide bonds. The first kappa shape index (κ1) is 368. The second-order valence-corrected chi connectivity index (χ2v) is 6.75. The van der Waals surface area contributed by atoms with Gasteiger partial charge in [0.1, 0.15) is 0 Å². The van der Waals surface area contributed by atoms with Gasteiger partial charge in [0.25, 0.3) is 0 Å². The molecule has 0 unspecified atom stereocenters. The molecule has 0 aliphatic heterocycles. The molecular weight excluding hydrogens is 1580 g/mol. The van der Waals surface area contributed by atoms with Crippen molar-refractivity contribution < 1.29 is 492 Å². The molecule has 0 aromatic carbocycles. The Labute approximate surface area is 719 Å². The molecule has 0 aromatic heterocycles. The van der Waals surface area contributed by atoms with E-state index in [0.29, 0.717) is 0 Å². The second-order valence-electron chi connectivity index (χ2n) is 2.25. The summed E-state index contributed by atoms with van der Waals surface area (Å²) in [6.45, 7) is 0. The minimum absolute atomic E-state index is 0. The van der Waals surface area contributed by atoms with Crippen molar-refractivity contribution in [1.29, 1.82) is 0 Å². The Hall–Kier alpha value is 9.38. The molecule has 380 valence electrons. The van der Waals surface area contributed by atoms with Crippen LogP contribution >= 0.6 is 0 Å². The van der Waals surface area contributed by atoms with Gasteiger partial charge >= 0.3 is 435 Å². The van der Waals surface area contributed by atoms with Gasteiger partial charge in [-0.05, 0) is 0 Å². The van der Waals surface area contributed by atoms with Crippen molar-refractivity contribution in [1.82, 2.24) is 0 Å². The predicted molar refractivity (Wildman–Crippen MR) is 121 cm³/mol. The van der Waals surface area contributed by atoms with Crippen LogP contribution in [0.25, 0.3) is 0 Å². The Balaban J connectivity index is -0.00000000269. The number of rotatable bonds is 0. The van der Waals surface area contributed by atoms with Gasteiger partial charge in [-0.3, -0.25) is 0 Å². The molecule has 0 saturated carbocycles. The monoisotopic (exact) mass is 1590 g/mol. The Morgan fingerprint density at radius 2 is 0.171 bits per heavy atom. The quantitative estimate of drug-likeness (QED) is 0.160. The van der Waals surface area contributed by atoms with Crippen molar-refractivity contribution in [2.75, 3.05) is 0 Å². The van der Waals surface area contributed by atoms with Crippen molar-refractivity contribution in [3.05, 3.63) is 0 Å². The fourth-order valence-corrected chi connectivity index (χ4v) is 0. The van der Waals surface area contributed by atoms with Gasteiger partial charge in [0.15, 0.2) is 0 Å². The third kappa shape index (κ3) is 5130. The topological polar surface area (TPSA) is 839 Å². The zero-order chi connectivity index (χ0) is 32.2. The Morgan fingerprint density at radius 1 is 0.171 bits per heavy atom. The maximum Gasteiger partial charge on any atom is 3.00 e. The van der Waals surface area contributed by atoms with Crippen LogP contribution in [0.2, 0.25) is 0 Å². The molecule has 0 aliphatic rings. The van der Waals surface area contributed by atoms with E-state index >= 15 is 0 Å². The summed E-state index contributed by atoms with van der Waals surface area (Å²) < 4.78 is 76.7. The molecule has 0 aromatic rings. The van der Waals surface area contributed by atoms with Gasteiger partial charge in [-0.15, -0.1) is 0 Å². The average molecular weight is 1590 g/mol. The first-order chi connectivity index (χ1) is 15.6. The van der Waals surface area contributed by atoms with E-state index in [2.05, 4.69) is 0 Å². The van der Waals surface area contributed by atoms with Crippen LogP contribution in [0.1, 0.15) is 0 Å². The molecule has 0 saturated heterocycles. The van der Waals surface area contributed by atoms with Crippen LogP contribution in [0, 0.1) is 0 Å². The average Bonchev–Trinajstić information content (AvgIpc) is 2.39. The third-order valence-corrected chi connectivity index (χ3v) is 0. The van der Waals surface area contributed by atoms with Crippen molar-refractivity contribution in [3.63, 3.8) is 0 Å². The van der Waals surface area contributed by atoms with Crippen LogP contribution in [-0.2, 0) is 108 Å². The van der Waals surface area contributed by atoms with E-state index in [4.69, 9.17) is 126 Å². The molecule has 0 bridgehead atoms. The maximum absolute atomic E-state index is 8.52. The van der Waals surface area contributed by atoms with Crippen LogP contribution in [-0.4, -0.2) is 293 Å². The fourth-order valence-electron chi connectivity index (χ4n) is 0. The summed E-state index contributed by atoms with van der Waals surface area (Å²) in [5.41, 5.74) is 0. The molecule has 9 N–H and O–H groups in total. The third-order valence-electron chi connectivity index (χ3n) is 0. The largest absolute Gasteiger partial charge is 3.00 e. The summed E-state index contributed by atoms with van der Waals surface area (Å²) in [6, 6.07) is 0. The molecule has 70 heteroatoms. The first-order valence-electron chi connectivity index (χ1n) is 5.51. The smallest absolute Gasteiger partial charge is 1.00 e. The Morgan fingerprint density at radius 3 is 0.171 bits per heavy atom. The predicted octanol–water partition coefficient (Wildman–Crippen LogP) is -69.5. The molecule has 36 nitrogen and oxygen atoms in total. The van der Waals surface area contributed by atoms with Crippen molar-refractivity contribution >= 4 is 244 Å². The summed E-state index contributed by atoms with van der Waals surface area (Å²) in [6.07, 6.45) is 0. The minimum atomic E-state index is -3.63. The van der Waals surface area contributed by atoms with Crippen molar-refractivity contribution in [2.45, 2.75) is 0 Å². The van der Waals surface area contributed by atoms with E-state index in [1.165, 1.54) is 0 Å². The summed E-state index contributed by atoms with van der Waals surface area (Å²) in [4.78, 5) is 153. The van der Waals surface area contributed by atoms with E-state index in [0.717, 1.165) is 0 Å². The molecule has 0 spiro atoms. The molecule has 70 heavy (non-hydrogen) atoms. The van der Waals surface area contributed by atoms with Crippen LogP contribution in [0.15, 0.2) is 0 Å². The minimum Gasteiger partial charge on any atom is -1.00 e. The van der Waals surface area contributed by atoms with Gasteiger partial charge in [0.05, 0.1) is 0 Å². The van der Waals surface area contributed by atoms with E-state index < -0.39 is 82.5 Å². The van der Waals surface area contributed by atoms with Gasteiger partial charge in [-0.1, -0.05) is 0 Å². The van der Waals surface area contributed by atoms with Gasteiger partial charge in [-0.2, -0.15) is 0 Å². The standard InChI is InChI=1S/4Al.9FH.4Fe.4K.4Mg.9O3Si.9H2O/c;;;;;;;;;;;;;;;;;;;;;;;;;9*1-4(2)3;;;;;;;;;/h;;;;9*1H;;;;;;;;;;;;;;;;;;;;;;9*1H2/q4*+3;;;;;;;;;;4*+3;4*+1;4*+2;9*-2;;;;;;;;;/p-18. The van der Waals surface area contributed by atoms with Crippen LogP contribution in [0.4, 0.5) is 0 Å². The first-order valence-corrected chi connectivity index (χ1v) is 16.5. The van der Waals surface area contributed by atoms with Gasteiger partial charge in [0.2, 0.25) is 0 Å². The van der Waals surface area contributed by atoms with E-state index in [1.54, 1.807) is 0 Å². The fraction of sp³-hybridized carbons (Fsp3) is 0. The molecule has 0 fully saturated rings. The van der Waals surface area contributed by atoms with Crippen LogP contribution in [0.5, 0.6) is 0 Å².